The highest BCUT2D eigenvalue weighted by atomic mass is 16.5. The molecule has 0 saturated carbocycles. The number of hydrogen-bond acceptors (Lipinski definition) is 6. The molecule has 1 rings (SSSR count). The van der Waals surface area contributed by atoms with Crippen LogP contribution < -0.4 is 15.5 Å². The fourth-order valence-corrected chi connectivity index (χ4v) is 1.68. The number of carbonyl (C=O) groups is 1. The van der Waals surface area contributed by atoms with E-state index in [4.69, 9.17) is 4.74 Å². The van der Waals surface area contributed by atoms with E-state index in [0.717, 1.165) is 25.1 Å². The van der Waals surface area contributed by atoms with Gasteiger partial charge in [0.1, 0.15) is 0 Å². The largest absolute Gasteiger partial charge is 0.383 e. The third-order valence-corrected chi connectivity index (χ3v) is 2.80. The number of aromatic nitrogens is 2. The molecule has 1 aromatic heterocycles. The van der Waals surface area contributed by atoms with E-state index in [-0.39, 0.29) is 12.5 Å². The Kier molecular flexibility index (Phi) is 8.30. The Hall–Kier alpha value is -1.73. The first kappa shape index (κ1) is 17.3. The molecule has 1 heterocycles. The molecule has 1 amide bonds. The Bertz CT molecular complexity index is 410. The third kappa shape index (κ3) is 7.01. The van der Waals surface area contributed by atoms with Gasteiger partial charge in [0.25, 0.3) is 0 Å². The highest BCUT2D eigenvalue weighted by Crippen LogP contribution is 2.04. The van der Waals surface area contributed by atoms with Crippen molar-refractivity contribution >= 4 is 11.9 Å². The molecule has 0 unspecified atom stereocenters. The summed E-state index contributed by atoms with van der Waals surface area (Å²) in [7, 11) is 3.39. The molecule has 0 atom stereocenters. The Labute approximate surface area is 126 Å². The van der Waals surface area contributed by atoms with Crippen LogP contribution in [0, 0.1) is 0 Å². The Morgan fingerprint density at radius 1 is 1.33 bits per heavy atom. The number of amides is 1. The zero-order chi connectivity index (χ0) is 15.5. The van der Waals surface area contributed by atoms with E-state index < -0.39 is 0 Å². The summed E-state index contributed by atoms with van der Waals surface area (Å²) in [6.07, 6.45) is 4.66. The summed E-state index contributed by atoms with van der Waals surface area (Å²) in [4.78, 5) is 21.9. The van der Waals surface area contributed by atoms with E-state index in [1.165, 1.54) is 0 Å². The Balaban J connectivity index is 2.39. The van der Waals surface area contributed by atoms with Crippen molar-refractivity contribution in [1.29, 1.82) is 0 Å². The molecule has 118 valence electrons. The molecule has 0 spiro atoms. The van der Waals surface area contributed by atoms with Gasteiger partial charge in [0, 0.05) is 45.2 Å². The summed E-state index contributed by atoms with van der Waals surface area (Å²) in [5.74, 6) is 0.461. The van der Waals surface area contributed by atoms with Gasteiger partial charge in [0.05, 0.1) is 13.2 Å². The van der Waals surface area contributed by atoms with E-state index in [2.05, 4.69) is 27.5 Å². The van der Waals surface area contributed by atoms with Crippen LogP contribution in [0.1, 0.15) is 18.9 Å². The SMILES string of the molecule is CCCNCc1cnc(N(C)CC(=O)NCCOC)nc1. The van der Waals surface area contributed by atoms with Crippen LogP contribution in [0.4, 0.5) is 5.95 Å². The summed E-state index contributed by atoms with van der Waals surface area (Å²) in [6, 6.07) is 0. The maximum Gasteiger partial charge on any atom is 0.239 e. The van der Waals surface area contributed by atoms with Crippen LogP contribution >= 0.6 is 0 Å². The van der Waals surface area contributed by atoms with E-state index in [9.17, 15) is 4.79 Å². The van der Waals surface area contributed by atoms with Crippen LogP contribution in [0.25, 0.3) is 0 Å². The Morgan fingerprint density at radius 2 is 2.05 bits per heavy atom. The average molecular weight is 295 g/mol. The van der Waals surface area contributed by atoms with Gasteiger partial charge >= 0.3 is 0 Å². The van der Waals surface area contributed by atoms with Crippen molar-refractivity contribution in [3.05, 3.63) is 18.0 Å². The topological polar surface area (TPSA) is 79.4 Å². The van der Waals surface area contributed by atoms with Gasteiger partial charge in [0.15, 0.2) is 0 Å². The number of ether oxygens (including phenoxy) is 1. The zero-order valence-corrected chi connectivity index (χ0v) is 13.1. The van der Waals surface area contributed by atoms with Crippen LogP contribution in [0.15, 0.2) is 12.4 Å². The number of hydrogen-bond donors (Lipinski definition) is 2. The summed E-state index contributed by atoms with van der Waals surface area (Å²) in [6.45, 7) is 5.09. The van der Waals surface area contributed by atoms with Crippen LogP contribution in [-0.4, -0.2) is 56.3 Å². The van der Waals surface area contributed by atoms with Gasteiger partial charge in [-0.2, -0.15) is 0 Å². The number of likely N-dealkylation sites (N-methyl/N-ethyl adjacent to an activating group) is 1. The number of carbonyl (C=O) groups excluding carboxylic acids is 1. The monoisotopic (exact) mass is 295 g/mol. The van der Waals surface area contributed by atoms with Crippen molar-refractivity contribution in [2.24, 2.45) is 0 Å². The van der Waals surface area contributed by atoms with E-state index in [0.29, 0.717) is 19.1 Å². The molecule has 0 aliphatic rings. The van der Waals surface area contributed by atoms with Crippen LogP contribution in [-0.2, 0) is 16.1 Å². The minimum atomic E-state index is -0.0770. The first-order valence-electron chi connectivity index (χ1n) is 7.15. The molecule has 0 saturated heterocycles. The van der Waals surface area contributed by atoms with E-state index in [1.807, 2.05) is 0 Å². The van der Waals surface area contributed by atoms with Crippen molar-refractivity contribution in [2.45, 2.75) is 19.9 Å². The highest BCUT2D eigenvalue weighted by Gasteiger charge is 2.09. The van der Waals surface area contributed by atoms with Crippen molar-refractivity contribution in [2.75, 3.05) is 45.3 Å². The third-order valence-electron chi connectivity index (χ3n) is 2.80. The lowest BCUT2D eigenvalue weighted by molar-refractivity contribution is -0.119. The molecule has 0 bridgehead atoms. The molecular weight excluding hydrogens is 270 g/mol. The summed E-state index contributed by atoms with van der Waals surface area (Å²) < 4.78 is 4.88. The molecular formula is C14H25N5O2. The van der Waals surface area contributed by atoms with Crippen molar-refractivity contribution in [3.63, 3.8) is 0 Å². The zero-order valence-electron chi connectivity index (χ0n) is 13.1. The minimum absolute atomic E-state index is 0.0770. The number of nitrogens with zero attached hydrogens (tertiary/aromatic N) is 3. The quantitative estimate of drug-likeness (QED) is 0.599. The lowest BCUT2D eigenvalue weighted by atomic mass is 10.3. The lowest BCUT2D eigenvalue weighted by Gasteiger charge is -2.16. The molecule has 7 heteroatoms. The van der Waals surface area contributed by atoms with Crippen LogP contribution in [0.5, 0.6) is 0 Å². The summed E-state index contributed by atoms with van der Waals surface area (Å²) in [5.41, 5.74) is 1.03. The number of methoxy groups -OCH3 is 1. The molecule has 2 N–H and O–H groups in total. The molecule has 1 aromatic rings. The standard InChI is InChI=1S/C14H25N5O2/c1-4-5-15-8-12-9-17-14(18-10-12)19(2)11-13(20)16-6-7-21-3/h9-10,15H,4-8,11H2,1-3H3,(H,16,20). The molecule has 0 fully saturated rings. The molecule has 21 heavy (non-hydrogen) atoms. The number of rotatable bonds is 10. The second kappa shape index (κ2) is 10.1. The smallest absolute Gasteiger partial charge is 0.239 e. The number of nitrogens with one attached hydrogen (secondary N) is 2. The summed E-state index contributed by atoms with van der Waals surface area (Å²) in [5, 5.41) is 6.05. The highest BCUT2D eigenvalue weighted by molar-refractivity contribution is 5.80. The lowest BCUT2D eigenvalue weighted by Crippen LogP contribution is -2.37. The number of anilines is 1. The molecule has 0 aromatic carbocycles. The first-order valence-corrected chi connectivity index (χ1v) is 7.15. The van der Waals surface area contributed by atoms with Crippen LogP contribution in [0.3, 0.4) is 0 Å². The van der Waals surface area contributed by atoms with Gasteiger partial charge in [-0.05, 0) is 13.0 Å². The van der Waals surface area contributed by atoms with Crippen molar-refractivity contribution in [1.82, 2.24) is 20.6 Å². The molecule has 0 radical (unpaired) electrons. The van der Waals surface area contributed by atoms with Crippen molar-refractivity contribution < 1.29 is 9.53 Å². The second-order valence-electron chi connectivity index (χ2n) is 4.77. The molecule has 7 nitrogen and oxygen atoms in total. The van der Waals surface area contributed by atoms with E-state index >= 15 is 0 Å². The molecule has 0 aliphatic carbocycles. The van der Waals surface area contributed by atoms with Gasteiger partial charge in [-0.25, -0.2) is 9.97 Å². The van der Waals surface area contributed by atoms with Gasteiger partial charge in [0.2, 0.25) is 11.9 Å². The average Bonchev–Trinajstić information content (AvgIpc) is 2.48. The van der Waals surface area contributed by atoms with Gasteiger partial charge < -0.3 is 20.3 Å². The maximum atomic E-state index is 11.7. The van der Waals surface area contributed by atoms with Gasteiger partial charge in [-0.15, -0.1) is 0 Å². The maximum absolute atomic E-state index is 11.7. The van der Waals surface area contributed by atoms with Crippen molar-refractivity contribution in [3.8, 4) is 0 Å². The minimum Gasteiger partial charge on any atom is -0.383 e. The van der Waals surface area contributed by atoms with E-state index in [1.54, 1.807) is 31.5 Å². The second-order valence-corrected chi connectivity index (χ2v) is 4.77. The molecule has 0 aliphatic heterocycles. The normalized spacial score (nSPS) is 10.4. The predicted molar refractivity (Wildman–Crippen MR) is 82.2 cm³/mol. The first-order chi connectivity index (χ1) is 10.2. The Morgan fingerprint density at radius 3 is 2.67 bits per heavy atom. The predicted octanol–water partition coefficient (Wildman–Crippen LogP) is 0.175. The van der Waals surface area contributed by atoms with Gasteiger partial charge in [-0.1, -0.05) is 6.92 Å². The summed E-state index contributed by atoms with van der Waals surface area (Å²) >= 11 is 0. The van der Waals surface area contributed by atoms with Gasteiger partial charge in [-0.3, -0.25) is 4.79 Å². The fraction of sp³-hybridized carbons (Fsp3) is 0.643. The fourth-order valence-electron chi connectivity index (χ4n) is 1.68. The van der Waals surface area contributed by atoms with Crippen LogP contribution in [0.2, 0.25) is 0 Å².